The van der Waals surface area contributed by atoms with Crippen LogP contribution in [0.4, 0.5) is 0 Å². The number of carboxylic acids is 1. The van der Waals surface area contributed by atoms with E-state index < -0.39 is 11.5 Å². The van der Waals surface area contributed by atoms with Crippen LogP contribution in [0.1, 0.15) is 76.4 Å². The van der Waals surface area contributed by atoms with Crippen LogP contribution in [0, 0.1) is 0 Å². The average molecular weight is 323 g/mol. The van der Waals surface area contributed by atoms with E-state index in [2.05, 4.69) is 15.5 Å². The molecule has 0 saturated heterocycles. The zero-order valence-electron chi connectivity index (χ0n) is 13.8. The number of hydrogen-bond acceptors (Lipinski definition) is 5. The number of amides is 1. The monoisotopic (exact) mass is 323 g/mol. The summed E-state index contributed by atoms with van der Waals surface area (Å²) in [7, 11) is 0. The van der Waals surface area contributed by atoms with Crippen LogP contribution < -0.4 is 5.32 Å². The van der Waals surface area contributed by atoms with Gasteiger partial charge in [-0.3, -0.25) is 9.59 Å². The Morgan fingerprint density at radius 3 is 2.65 bits per heavy atom. The predicted molar refractivity (Wildman–Crippen MR) is 82.9 cm³/mol. The van der Waals surface area contributed by atoms with Crippen molar-refractivity contribution in [2.45, 2.75) is 76.7 Å². The molecule has 2 rings (SSSR count). The average Bonchev–Trinajstić information content (AvgIpc) is 3.13. The third-order valence-corrected chi connectivity index (χ3v) is 4.21. The second-order valence-corrected chi connectivity index (χ2v) is 6.85. The molecule has 128 valence electrons. The second kappa shape index (κ2) is 7.57. The zero-order valence-corrected chi connectivity index (χ0v) is 13.8. The van der Waals surface area contributed by atoms with Crippen molar-refractivity contribution in [2.24, 2.45) is 0 Å². The normalized spacial score (nSPS) is 15.7. The molecule has 0 atom stereocenters. The Bertz CT molecular complexity index is 547. The molecule has 0 bridgehead atoms. The maximum absolute atomic E-state index is 12.0. The highest BCUT2D eigenvalue weighted by atomic mass is 16.5. The van der Waals surface area contributed by atoms with Crippen molar-refractivity contribution in [3.63, 3.8) is 0 Å². The first kappa shape index (κ1) is 17.4. The highest BCUT2D eigenvalue weighted by molar-refractivity contribution is 5.77. The molecular weight excluding hydrogens is 298 g/mol. The summed E-state index contributed by atoms with van der Waals surface area (Å²) >= 11 is 0. The number of aliphatic carboxylic acids is 1. The number of rotatable bonds is 8. The van der Waals surface area contributed by atoms with Gasteiger partial charge in [-0.05, 0) is 33.1 Å². The third-order valence-electron chi connectivity index (χ3n) is 4.21. The van der Waals surface area contributed by atoms with E-state index in [4.69, 9.17) is 9.63 Å². The minimum Gasteiger partial charge on any atom is -0.481 e. The molecule has 1 fully saturated rings. The number of carboxylic acid groups (broad SMARTS) is 1. The van der Waals surface area contributed by atoms with Gasteiger partial charge in [0.15, 0.2) is 5.82 Å². The Kier molecular flexibility index (Phi) is 5.74. The fraction of sp³-hybridized carbons (Fsp3) is 0.750. The SMILES string of the molecule is CC(C)(CCC(=O)O)NC(=O)CCc1nc(C2CCCC2)no1. The van der Waals surface area contributed by atoms with Crippen LogP contribution in [0.3, 0.4) is 0 Å². The van der Waals surface area contributed by atoms with E-state index in [-0.39, 0.29) is 18.7 Å². The standard InChI is InChI=1S/C16H25N3O4/c1-16(2,10-9-14(21)22)18-12(20)7-8-13-17-15(19-23-13)11-5-3-4-6-11/h11H,3-10H2,1-2H3,(H,18,20)(H,21,22). The van der Waals surface area contributed by atoms with E-state index >= 15 is 0 Å². The fourth-order valence-corrected chi connectivity index (χ4v) is 2.86. The Morgan fingerprint density at radius 1 is 1.30 bits per heavy atom. The number of aromatic nitrogens is 2. The lowest BCUT2D eigenvalue weighted by Crippen LogP contribution is -2.43. The predicted octanol–water partition coefficient (Wildman–Crippen LogP) is 2.42. The van der Waals surface area contributed by atoms with Gasteiger partial charge in [-0.2, -0.15) is 4.98 Å². The van der Waals surface area contributed by atoms with Gasteiger partial charge in [0, 0.05) is 30.7 Å². The quantitative estimate of drug-likeness (QED) is 0.761. The summed E-state index contributed by atoms with van der Waals surface area (Å²) in [6, 6.07) is 0. The highest BCUT2D eigenvalue weighted by Crippen LogP contribution is 2.32. The van der Waals surface area contributed by atoms with Crippen LogP contribution in [-0.2, 0) is 16.0 Å². The minimum atomic E-state index is -0.863. The van der Waals surface area contributed by atoms with Gasteiger partial charge in [0.25, 0.3) is 0 Å². The molecule has 0 radical (unpaired) electrons. The van der Waals surface area contributed by atoms with Gasteiger partial charge in [0.2, 0.25) is 11.8 Å². The first-order chi connectivity index (χ1) is 10.9. The first-order valence-corrected chi connectivity index (χ1v) is 8.21. The van der Waals surface area contributed by atoms with Crippen molar-refractivity contribution < 1.29 is 19.2 Å². The summed E-state index contributed by atoms with van der Waals surface area (Å²) in [6.07, 6.45) is 5.71. The van der Waals surface area contributed by atoms with Gasteiger partial charge in [-0.1, -0.05) is 18.0 Å². The molecule has 1 aromatic heterocycles. The molecule has 1 heterocycles. The highest BCUT2D eigenvalue weighted by Gasteiger charge is 2.24. The summed E-state index contributed by atoms with van der Waals surface area (Å²) in [4.78, 5) is 27.0. The van der Waals surface area contributed by atoms with E-state index in [9.17, 15) is 9.59 Å². The van der Waals surface area contributed by atoms with Gasteiger partial charge in [0.1, 0.15) is 0 Å². The molecule has 23 heavy (non-hydrogen) atoms. The number of carbonyl (C=O) groups is 2. The number of nitrogens with zero attached hydrogens (tertiary/aromatic N) is 2. The van der Waals surface area contributed by atoms with E-state index in [0.717, 1.165) is 18.7 Å². The van der Waals surface area contributed by atoms with Crippen LogP contribution in [-0.4, -0.2) is 32.7 Å². The molecule has 1 aliphatic rings. The second-order valence-electron chi connectivity index (χ2n) is 6.85. The topological polar surface area (TPSA) is 105 Å². The smallest absolute Gasteiger partial charge is 0.303 e. The largest absolute Gasteiger partial charge is 0.481 e. The van der Waals surface area contributed by atoms with Gasteiger partial charge in [-0.25, -0.2) is 0 Å². The van der Waals surface area contributed by atoms with Gasteiger partial charge < -0.3 is 14.9 Å². The van der Waals surface area contributed by atoms with Crippen LogP contribution in [0.25, 0.3) is 0 Å². The molecule has 7 heteroatoms. The van der Waals surface area contributed by atoms with Crippen LogP contribution in [0.15, 0.2) is 4.52 Å². The molecule has 1 amide bonds. The lowest BCUT2D eigenvalue weighted by molar-refractivity contribution is -0.137. The Morgan fingerprint density at radius 2 is 2.00 bits per heavy atom. The van der Waals surface area contributed by atoms with E-state index in [0.29, 0.717) is 24.7 Å². The molecule has 2 N–H and O–H groups in total. The minimum absolute atomic E-state index is 0.0295. The van der Waals surface area contributed by atoms with E-state index in [1.165, 1.54) is 12.8 Å². The molecule has 1 saturated carbocycles. The van der Waals surface area contributed by atoms with Crippen molar-refractivity contribution in [1.29, 1.82) is 0 Å². The van der Waals surface area contributed by atoms with Crippen molar-refractivity contribution in [1.82, 2.24) is 15.5 Å². The Balaban J connectivity index is 1.76. The molecule has 0 aromatic carbocycles. The number of aryl methyl sites for hydroxylation is 1. The zero-order chi connectivity index (χ0) is 16.9. The van der Waals surface area contributed by atoms with Crippen molar-refractivity contribution in [3.05, 3.63) is 11.7 Å². The number of carbonyl (C=O) groups excluding carboxylic acids is 1. The van der Waals surface area contributed by atoms with E-state index in [1.54, 1.807) is 0 Å². The fourth-order valence-electron chi connectivity index (χ4n) is 2.86. The van der Waals surface area contributed by atoms with Crippen molar-refractivity contribution >= 4 is 11.9 Å². The molecule has 0 aliphatic heterocycles. The maximum Gasteiger partial charge on any atom is 0.303 e. The van der Waals surface area contributed by atoms with Crippen molar-refractivity contribution in [3.8, 4) is 0 Å². The molecule has 0 spiro atoms. The van der Waals surface area contributed by atoms with Crippen LogP contribution in [0.5, 0.6) is 0 Å². The number of hydrogen-bond donors (Lipinski definition) is 2. The van der Waals surface area contributed by atoms with Crippen LogP contribution >= 0.6 is 0 Å². The first-order valence-electron chi connectivity index (χ1n) is 8.21. The summed E-state index contributed by atoms with van der Waals surface area (Å²) in [5, 5.41) is 15.6. The third kappa shape index (κ3) is 5.65. The Hall–Kier alpha value is -1.92. The van der Waals surface area contributed by atoms with Crippen LogP contribution in [0.2, 0.25) is 0 Å². The van der Waals surface area contributed by atoms with E-state index in [1.807, 2.05) is 13.8 Å². The number of nitrogens with one attached hydrogen (secondary N) is 1. The molecule has 7 nitrogen and oxygen atoms in total. The molecule has 1 aromatic rings. The lowest BCUT2D eigenvalue weighted by atomic mass is 9.98. The molecular formula is C16H25N3O4. The summed E-state index contributed by atoms with van der Waals surface area (Å²) < 4.78 is 5.22. The summed E-state index contributed by atoms with van der Waals surface area (Å²) in [5.74, 6) is 0.653. The summed E-state index contributed by atoms with van der Waals surface area (Å²) in [5.41, 5.74) is -0.542. The van der Waals surface area contributed by atoms with Gasteiger partial charge in [0.05, 0.1) is 0 Å². The lowest BCUT2D eigenvalue weighted by Gasteiger charge is -2.25. The molecule has 1 aliphatic carbocycles. The van der Waals surface area contributed by atoms with Crippen molar-refractivity contribution in [2.75, 3.05) is 0 Å². The maximum atomic E-state index is 12.0. The molecule has 0 unspecified atom stereocenters. The summed E-state index contributed by atoms with van der Waals surface area (Å²) in [6.45, 7) is 3.64. The Labute approximate surface area is 135 Å². The van der Waals surface area contributed by atoms with Gasteiger partial charge >= 0.3 is 5.97 Å². The van der Waals surface area contributed by atoms with Gasteiger partial charge in [-0.15, -0.1) is 0 Å².